The molecule has 5 rings (SSSR count). The Labute approximate surface area is 239 Å². The summed E-state index contributed by atoms with van der Waals surface area (Å²) < 4.78 is 19.7. The van der Waals surface area contributed by atoms with Gasteiger partial charge in [-0.1, -0.05) is 51.1 Å². The molecule has 8 heteroatoms. The van der Waals surface area contributed by atoms with Crippen molar-refractivity contribution in [3.63, 3.8) is 0 Å². The van der Waals surface area contributed by atoms with Gasteiger partial charge in [0.25, 0.3) is 5.91 Å². The largest absolute Gasteiger partial charge is 0.435 e. The van der Waals surface area contributed by atoms with Crippen molar-refractivity contribution in [1.82, 2.24) is 15.3 Å². The van der Waals surface area contributed by atoms with Gasteiger partial charge in [0.1, 0.15) is 11.9 Å². The van der Waals surface area contributed by atoms with E-state index in [1.807, 2.05) is 30.3 Å². The monoisotopic (exact) mass is 554 g/mol. The van der Waals surface area contributed by atoms with Crippen molar-refractivity contribution in [3.8, 4) is 0 Å². The standard InChI is InChI=1S/C33H35FN4O3/c1-21-29(41-31(37-21)23-10-11-23)32(40)38(27-14-12-25(13-15-27)33(2,3)4)28(24-8-6-17-35-20-24)30(39)36-18-16-22-7-5-9-26(34)19-22/h5-9,12-15,17,19-20,23,28H,10-11,16,18H2,1-4H3,(H,36,39). The van der Waals surface area contributed by atoms with E-state index in [4.69, 9.17) is 4.42 Å². The fourth-order valence-electron chi connectivity index (χ4n) is 4.81. The number of nitrogens with one attached hydrogen (secondary N) is 1. The van der Waals surface area contributed by atoms with E-state index in [0.29, 0.717) is 29.3 Å². The Hall–Kier alpha value is -4.33. The molecule has 1 N–H and O–H groups in total. The van der Waals surface area contributed by atoms with Gasteiger partial charge in [-0.05, 0) is 73.1 Å². The third kappa shape index (κ3) is 6.53. The van der Waals surface area contributed by atoms with Crippen LogP contribution in [0.1, 0.15) is 84.4 Å². The Kier molecular flexibility index (Phi) is 8.01. The highest BCUT2D eigenvalue weighted by Crippen LogP contribution is 2.41. The quantitative estimate of drug-likeness (QED) is 0.257. The number of halogens is 1. The van der Waals surface area contributed by atoms with Crippen LogP contribution in [0.4, 0.5) is 10.1 Å². The molecule has 1 aliphatic carbocycles. The zero-order valence-electron chi connectivity index (χ0n) is 23.9. The smallest absolute Gasteiger partial charge is 0.297 e. The second-order valence-electron chi connectivity index (χ2n) is 11.6. The average Bonchev–Trinajstić information content (AvgIpc) is 3.72. The first-order chi connectivity index (χ1) is 19.6. The number of hydrogen-bond donors (Lipinski definition) is 1. The lowest BCUT2D eigenvalue weighted by Gasteiger charge is -2.31. The molecule has 2 heterocycles. The van der Waals surface area contributed by atoms with E-state index in [2.05, 4.69) is 36.1 Å². The number of nitrogens with zero attached hydrogens (tertiary/aromatic N) is 3. The number of aromatic nitrogens is 2. The normalized spacial score (nSPS) is 14.0. The third-order valence-electron chi connectivity index (χ3n) is 7.27. The number of anilines is 1. The molecular formula is C33H35FN4O3. The minimum atomic E-state index is -1.04. The average molecular weight is 555 g/mol. The lowest BCUT2D eigenvalue weighted by Crippen LogP contribution is -2.44. The predicted octanol–water partition coefficient (Wildman–Crippen LogP) is 6.44. The number of amides is 2. The fourth-order valence-corrected chi connectivity index (χ4v) is 4.81. The first-order valence-electron chi connectivity index (χ1n) is 14.0. The Morgan fingerprint density at radius 1 is 1.10 bits per heavy atom. The van der Waals surface area contributed by atoms with Gasteiger partial charge in [0, 0.05) is 36.1 Å². The Morgan fingerprint density at radius 2 is 1.85 bits per heavy atom. The van der Waals surface area contributed by atoms with Crippen LogP contribution in [0.15, 0.2) is 77.5 Å². The number of carbonyl (C=O) groups excluding carboxylic acids is 2. The molecule has 1 aliphatic rings. The summed E-state index contributed by atoms with van der Waals surface area (Å²) in [6, 6.07) is 16.4. The molecule has 1 unspecified atom stereocenters. The number of pyridine rings is 1. The molecule has 41 heavy (non-hydrogen) atoms. The van der Waals surface area contributed by atoms with Crippen molar-refractivity contribution in [3.05, 3.63) is 113 Å². The molecule has 2 aromatic carbocycles. The van der Waals surface area contributed by atoms with Crippen molar-refractivity contribution in [1.29, 1.82) is 0 Å². The zero-order valence-corrected chi connectivity index (χ0v) is 23.9. The highest BCUT2D eigenvalue weighted by molar-refractivity contribution is 6.09. The SMILES string of the molecule is Cc1nc(C2CC2)oc1C(=O)N(c1ccc(C(C)(C)C)cc1)C(C(=O)NCCc1cccc(F)c1)c1cccnc1. The summed E-state index contributed by atoms with van der Waals surface area (Å²) in [7, 11) is 0. The van der Waals surface area contributed by atoms with E-state index < -0.39 is 11.9 Å². The Balaban J connectivity index is 1.53. The van der Waals surface area contributed by atoms with Gasteiger partial charge < -0.3 is 9.73 Å². The lowest BCUT2D eigenvalue weighted by atomic mass is 9.87. The van der Waals surface area contributed by atoms with Crippen molar-refractivity contribution < 1.29 is 18.4 Å². The molecule has 0 saturated heterocycles. The van der Waals surface area contributed by atoms with Gasteiger partial charge in [-0.15, -0.1) is 0 Å². The first-order valence-corrected chi connectivity index (χ1v) is 14.0. The van der Waals surface area contributed by atoms with Crippen LogP contribution in [0.2, 0.25) is 0 Å². The molecule has 212 valence electrons. The summed E-state index contributed by atoms with van der Waals surface area (Å²) in [4.78, 5) is 38.5. The van der Waals surface area contributed by atoms with Crippen LogP contribution in [0, 0.1) is 12.7 Å². The number of benzene rings is 2. The van der Waals surface area contributed by atoms with Gasteiger partial charge >= 0.3 is 0 Å². The highest BCUT2D eigenvalue weighted by atomic mass is 19.1. The highest BCUT2D eigenvalue weighted by Gasteiger charge is 2.38. The number of aryl methyl sites for hydroxylation is 1. The number of carbonyl (C=O) groups is 2. The van der Waals surface area contributed by atoms with Crippen LogP contribution in [-0.2, 0) is 16.6 Å². The minimum Gasteiger partial charge on any atom is -0.435 e. The van der Waals surface area contributed by atoms with Gasteiger partial charge in [0.2, 0.25) is 11.7 Å². The number of oxazole rings is 1. The van der Waals surface area contributed by atoms with Gasteiger partial charge in [-0.2, -0.15) is 0 Å². The maximum Gasteiger partial charge on any atom is 0.297 e. The van der Waals surface area contributed by atoms with E-state index in [1.54, 1.807) is 37.5 Å². The van der Waals surface area contributed by atoms with Crippen molar-refractivity contribution >= 4 is 17.5 Å². The Bertz CT molecular complexity index is 1520. The van der Waals surface area contributed by atoms with E-state index >= 15 is 0 Å². The molecule has 4 aromatic rings. The van der Waals surface area contributed by atoms with E-state index in [0.717, 1.165) is 24.0 Å². The van der Waals surface area contributed by atoms with Gasteiger partial charge in [-0.25, -0.2) is 9.37 Å². The molecule has 2 amide bonds. The van der Waals surface area contributed by atoms with Crippen molar-refractivity contribution in [2.24, 2.45) is 0 Å². The molecule has 0 spiro atoms. The van der Waals surface area contributed by atoms with Crippen molar-refractivity contribution in [2.75, 3.05) is 11.4 Å². The summed E-state index contributed by atoms with van der Waals surface area (Å²) in [5.41, 5.74) is 3.34. The lowest BCUT2D eigenvalue weighted by molar-refractivity contribution is -0.122. The molecule has 0 bridgehead atoms. The summed E-state index contributed by atoms with van der Waals surface area (Å²) >= 11 is 0. The predicted molar refractivity (Wildman–Crippen MR) is 155 cm³/mol. The van der Waals surface area contributed by atoms with E-state index in [9.17, 15) is 14.0 Å². The van der Waals surface area contributed by atoms with E-state index in [1.165, 1.54) is 17.0 Å². The molecule has 0 aliphatic heterocycles. The molecule has 7 nitrogen and oxygen atoms in total. The second kappa shape index (κ2) is 11.6. The fraction of sp³-hybridized carbons (Fsp3) is 0.333. The van der Waals surface area contributed by atoms with Crippen LogP contribution in [0.25, 0.3) is 0 Å². The van der Waals surface area contributed by atoms with Crippen LogP contribution in [0.5, 0.6) is 0 Å². The number of rotatable bonds is 9. The molecule has 1 saturated carbocycles. The van der Waals surface area contributed by atoms with Gasteiger partial charge in [0.05, 0.1) is 5.69 Å². The summed E-state index contributed by atoms with van der Waals surface area (Å²) in [5.74, 6) is -0.262. The zero-order chi connectivity index (χ0) is 29.1. The third-order valence-corrected chi connectivity index (χ3v) is 7.27. The van der Waals surface area contributed by atoms with Crippen LogP contribution in [0.3, 0.4) is 0 Å². The molecule has 2 aromatic heterocycles. The summed E-state index contributed by atoms with van der Waals surface area (Å²) in [5, 5.41) is 2.96. The molecule has 1 atom stereocenters. The molecule has 0 radical (unpaired) electrons. The van der Waals surface area contributed by atoms with Crippen LogP contribution >= 0.6 is 0 Å². The summed E-state index contributed by atoms with van der Waals surface area (Å²) in [6.07, 6.45) is 5.61. The number of hydrogen-bond acceptors (Lipinski definition) is 5. The minimum absolute atomic E-state index is 0.0922. The maximum absolute atomic E-state index is 14.3. The van der Waals surface area contributed by atoms with Gasteiger partial charge in [0.15, 0.2) is 5.89 Å². The van der Waals surface area contributed by atoms with Crippen LogP contribution < -0.4 is 10.2 Å². The van der Waals surface area contributed by atoms with E-state index in [-0.39, 0.29) is 35.4 Å². The molecule has 1 fully saturated rings. The molecular weight excluding hydrogens is 519 g/mol. The van der Waals surface area contributed by atoms with Crippen molar-refractivity contribution in [2.45, 2.75) is 64.3 Å². The topological polar surface area (TPSA) is 88.3 Å². The van der Waals surface area contributed by atoms with Crippen LogP contribution in [-0.4, -0.2) is 28.3 Å². The second-order valence-corrected chi connectivity index (χ2v) is 11.6. The maximum atomic E-state index is 14.3. The Morgan fingerprint density at radius 3 is 2.49 bits per heavy atom. The summed E-state index contributed by atoms with van der Waals surface area (Å²) in [6.45, 7) is 8.37. The first kappa shape index (κ1) is 28.2. The van der Waals surface area contributed by atoms with Gasteiger partial charge in [-0.3, -0.25) is 19.5 Å².